The highest BCUT2D eigenvalue weighted by Crippen LogP contribution is 2.10. The van der Waals surface area contributed by atoms with E-state index in [1.54, 1.807) is 24.4 Å². The van der Waals surface area contributed by atoms with Gasteiger partial charge in [0.05, 0.1) is 17.2 Å². The molecule has 0 bridgehead atoms. The van der Waals surface area contributed by atoms with E-state index in [9.17, 15) is 0 Å². The van der Waals surface area contributed by atoms with Crippen molar-refractivity contribution < 1.29 is 0 Å². The molecule has 18 heavy (non-hydrogen) atoms. The monoisotopic (exact) mass is 231 g/mol. The smallest absolute Gasteiger partial charge is 0.101 e. The van der Waals surface area contributed by atoms with Crippen molar-refractivity contribution in [2.24, 2.45) is 0 Å². The van der Waals surface area contributed by atoms with E-state index in [-0.39, 0.29) is 0 Å². The Bertz CT molecular complexity index is 613. The minimum atomic E-state index is 0.530. The molecule has 3 heteroatoms. The average Bonchev–Trinajstić information content (AvgIpc) is 2.45. The predicted molar refractivity (Wildman–Crippen MR) is 69.0 cm³/mol. The SMILES string of the molecule is N#Cc1cccc(C=Cc2cncc(C#N)c2)c1. The van der Waals surface area contributed by atoms with E-state index in [0.29, 0.717) is 11.1 Å². The third kappa shape index (κ3) is 2.81. The largest absolute Gasteiger partial charge is 0.263 e. The van der Waals surface area contributed by atoms with Crippen LogP contribution < -0.4 is 0 Å². The molecule has 0 amide bonds. The zero-order valence-corrected chi connectivity index (χ0v) is 9.54. The quantitative estimate of drug-likeness (QED) is 0.798. The van der Waals surface area contributed by atoms with Crippen LogP contribution in [0.4, 0.5) is 0 Å². The van der Waals surface area contributed by atoms with Gasteiger partial charge in [0.15, 0.2) is 0 Å². The fourth-order valence-electron chi connectivity index (χ4n) is 1.51. The number of hydrogen-bond acceptors (Lipinski definition) is 3. The lowest BCUT2D eigenvalue weighted by Gasteiger charge is -1.95. The Morgan fingerprint density at radius 1 is 0.889 bits per heavy atom. The molecule has 1 heterocycles. The molecule has 0 atom stereocenters. The normalized spacial score (nSPS) is 9.89. The van der Waals surface area contributed by atoms with Crippen molar-refractivity contribution in [1.29, 1.82) is 10.5 Å². The first-order chi connectivity index (χ1) is 8.81. The topological polar surface area (TPSA) is 60.5 Å². The fraction of sp³-hybridized carbons (Fsp3) is 0. The number of pyridine rings is 1. The summed E-state index contributed by atoms with van der Waals surface area (Å²) < 4.78 is 0. The van der Waals surface area contributed by atoms with Crippen LogP contribution in [0.2, 0.25) is 0 Å². The van der Waals surface area contributed by atoms with Crippen LogP contribution in [0.15, 0.2) is 42.7 Å². The second-order valence-electron chi connectivity index (χ2n) is 3.69. The Morgan fingerprint density at radius 2 is 1.61 bits per heavy atom. The standard InChI is InChI=1S/C15H9N3/c16-8-13-3-1-2-12(6-13)4-5-14-7-15(9-17)11-18-10-14/h1-7,10-11H. The molecule has 0 radical (unpaired) electrons. The Kier molecular flexibility index (Phi) is 3.49. The van der Waals surface area contributed by atoms with Gasteiger partial charge < -0.3 is 0 Å². The molecule has 2 rings (SSSR count). The summed E-state index contributed by atoms with van der Waals surface area (Å²) in [6, 6.07) is 13.2. The number of aromatic nitrogens is 1. The first-order valence-corrected chi connectivity index (χ1v) is 5.35. The van der Waals surface area contributed by atoms with Crippen LogP contribution >= 0.6 is 0 Å². The highest BCUT2D eigenvalue weighted by atomic mass is 14.6. The van der Waals surface area contributed by atoms with Crippen molar-refractivity contribution in [1.82, 2.24) is 4.98 Å². The number of nitrogens with zero attached hydrogens (tertiary/aromatic N) is 3. The van der Waals surface area contributed by atoms with Gasteiger partial charge in [-0.2, -0.15) is 10.5 Å². The molecule has 0 N–H and O–H groups in total. The van der Waals surface area contributed by atoms with Crippen LogP contribution in [0.5, 0.6) is 0 Å². The van der Waals surface area contributed by atoms with Crippen molar-refractivity contribution in [3.63, 3.8) is 0 Å². The molecular formula is C15H9N3. The Labute approximate surface area is 105 Å². The molecule has 0 fully saturated rings. The summed E-state index contributed by atoms with van der Waals surface area (Å²) in [6.07, 6.45) is 6.96. The van der Waals surface area contributed by atoms with E-state index in [0.717, 1.165) is 11.1 Å². The second kappa shape index (κ2) is 5.43. The molecule has 0 unspecified atom stereocenters. The van der Waals surface area contributed by atoms with Crippen LogP contribution in [0, 0.1) is 22.7 Å². The second-order valence-corrected chi connectivity index (χ2v) is 3.69. The first kappa shape index (κ1) is 11.6. The Morgan fingerprint density at radius 3 is 2.39 bits per heavy atom. The summed E-state index contributed by atoms with van der Waals surface area (Å²) in [5, 5.41) is 17.6. The van der Waals surface area contributed by atoms with E-state index < -0.39 is 0 Å². The fourth-order valence-corrected chi connectivity index (χ4v) is 1.51. The first-order valence-electron chi connectivity index (χ1n) is 5.35. The van der Waals surface area contributed by atoms with E-state index in [4.69, 9.17) is 10.5 Å². The molecule has 1 aromatic carbocycles. The van der Waals surface area contributed by atoms with Gasteiger partial charge in [-0.25, -0.2) is 0 Å². The van der Waals surface area contributed by atoms with Gasteiger partial charge >= 0.3 is 0 Å². The summed E-state index contributed by atoms with van der Waals surface area (Å²) in [5.41, 5.74) is 2.96. The van der Waals surface area contributed by atoms with Crippen LogP contribution in [-0.2, 0) is 0 Å². The number of benzene rings is 1. The number of rotatable bonds is 2. The maximum absolute atomic E-state index is 8.80. The molecule has 3 nitrogen and oxygen atoms in total. The van der Waals surface area contributed by atoms with Gasteiger partial charge in [-0.3, -0.25) is 4.98 Å². The maximum atomic E-state index is 8.80. The Hall–Kier alpha value is -2.91. The molecule has 0 aliphatic heterocycles. The zero-order valence-electron chi connectivity index (χ0n) is 9.54. The van der Waals surface area contributed by atoms with Crippen LogP contribution in [0.25, 0.3) is 12.2 Å². The highest BCUT2D eigenvalue weighted by Gasteiger charge is 1.93. The van der Waals surface area contributed by atoms with E-state index in [1.165, 1.54) is 6.20 Å². The zero-order chi connectivity index (χ0) is 12.8. The molecule has 0 saturated heterocycles. The van der Waals surface area contributed by atoms with Crippen LogP contribution in [-0.4, -0.2) is 4.98 Å². The predicted octanol–water partition coefficient (Wildman–Crippen LogP) is 3.00. The van der Waals surface area contributed by atoms with Gasteiger partial charge in [0, 0.05) is 12.4 Å². The molecule has 0 saturated carbocycles. The number of hydrogen-bond donors (Lipinski definition) is 0. The van der Waals surface area contributed by atoms with Crippen molar-refractivity contribution >= 4 is 12.2 Å². The van der Waals surface area contributed by atoms with Gasteiger partial charge in [0.2, 0.25) is 0 Å². The highest BCUT2D eigenvalue weighted by molar-refractivity contribution is 5.70. The molecule has 0 aliphatic rings. The minimum Gasteiger partial charge on any atom is -0.263 e. The summed E-state index contributed by atoms with van der Waals surface area (Å²) >= 11 is 0. The summed E-state index contributed by atoms with van der Waals surface area (Å²) in [5.74, 6) is 0. The summed E-state index contributed by atoms with van der Waals surface area (Å²) in [4.78, 5) is 3.98. The maximum Gasteiger partial charge on any atom is 0.101 e. The lowest BCUT2D eigenvalue weighted by atomic mass is 10.1. The Balaban J connectivity index is 2.25. The van der Waals surface area contributed by atoms with Crippen molar-refractivity contribution in [2.45, 2.75) is 0 Å². The third-order valence-electron chi connectivity index (χ3n) is 2.37. The molecule has 0 aliphatic carbocycles. The van der Waals surface area contributed by atoms with Crippen molar-refractivity contribution in [3.05, 3.63) is 65.0 Å². The summed E-state index contributed by atoms with van der Waals surface area (Å²) in [7, 11) is 0. The van der Waals surface area contributed by atoms with E-state index >= 15 is 0 Å². The minimum absolute atomic E-state index is 0.530. The van der Waals surface area contributed by atoms with Gasteiger partial charge in [0.1, 0.15) is 6.07 Å². The molecule has 1 aromatic heterocycles. The molecular weight excluding hydrogens is 222 g/mol. The van der Waals surface area contributed by atoms with Crippen LogP contribution in [0.3, 0.4) is 0 Å². The lowest BCUT2D eigenvalue weighted by Crippen LogP contribution is -1.81. The van der Waals surface area contributed by atoms with Crippen molar-refractivity contribution in [2.75, 3.05) is 0 Å². The third-order valence-corrected chi connectivity index (χ3v) is 2.37. The van der Waals surface area contributed by atoms with Gasteiger partial charge in [-0.05, 0) is 29.3 Å². The molecule has 2 aromatic rings. The summed E-state index contributed by atoms with van der Waals surface area (Å²) in [6.45, 7) is 0. The number of nitriles is 2. The van der Waals surface area contributed by atoms with Gasteiger partial charge in [-0.1, -0.05) is 24.3 Å². The van der Waals surface area contributed by atoms with Crippen molar-refractivity contribution in [3.8, 4) is 12.1 Å². The van der Waals surface area contributed by atoms with Crippen LogP contribution in [0.1, 0.15) is 22.3 Å². The van der Waals surface area contributed by atoms with E-state index in [1.807, 2.05) is 30.4 Å². The van der Waals surface area contributed by atoms with Gasteiger partial charge in [-0.15, -0.1) is 0 Å². The van der Waals surface area contributed by atoms with E-state index in [2.05, 4.69) is 11.1 Å². The lowest BCUT2D eigenvalue weighted by molar-refractivity contribution is 1.29. The average molecular weight is 231 g/mol. The molecule has 0 spiro atoms. The van der Waals surface area contributed by atoms with Gasteiger partial charge in [0.25, 0.3) is 0 Å². The molecule has 84 valence electrons.